The van der Waals surface area contributed by atoms with Gasteiger partial charge in [-0.25, -0.2) is 0 Å². The van der Waals surface area contributed by atoms with Crippen molar-refractivity contribution in [3.8, 4) is 0 Å². The normalized spacial score (nSPS) is 18.4. The summed E-state index contributed by atoms with van der Waals surface area (Å²) in [6.45, 7) is 2.71. The maximum absolute atomic E-state index is 12.7. The molecule has 3 rings (SSSR count). The maximum atomic E-state index is 12.7. The van der Waals surface area contributed by atoms with Crippen LogP contribution in [0.25, 0.3) is 0 Å². The molecule has 3 heterocycles. The number of hydrogen-bond acceptors (Lipinski definition) is 4. The van der Waals surface area contributed by atoms with Gasteiger partial charge >= 0.3 is 0 Å². The van der Waals surface area contributed by atoms with E-state index in [-0.39, 0.29) is 11.9 Å². The Kier molecular flexibility index (Phi) is 3.71. The van der Waals surface area contributed by atoms with Crippen LogP contribution in [0.1, 0.15) is 47.7 Å². The van der Waals surface area contributed by atoms with Gasteiger partial charge in [-0.1, -0.05) is 23.7 Å². The molecule has 6 nitrogen and oxygen atoms in total. The molecule has 112 valence electrons. The van der Waals surface area contributed by atoms with Crippen molar-refractivity contribution in [1.82, 2.24) is 19.8 Å². The van der Waals surface area contributed by atoms with Crippen molar-refractivity contribution < 1.29 is 9.32 Å². The average Bonchev–Trinajstić information content (AvgIpc) is 3.17. The monoisotopic (exact) mass is 308 g/mol. The van der Waals surface area contributed by atoms with E-state index in [9.17, 15) is 4.79 Å². The molecule has 1 atom stereocenters. The minimum Gasteiger partial charge on any atom is -0.359 e. The van der Waals surface area contributed by atoms with Crippen molar-refractivity contribution in [1.29, 1.82) is 0 Å². The third-order valence-corrected chi connectivity index (χ3v) is 4.15. The molecule has 1 aliphatic rings. The molecule has 0 saturated carbocycles. The number of rotatable bonds is 3. The summed E-state index contributed by atoms with van der Waals surface area (Å²) < 4.78 is 6.91. The highest BCUT2D eigenvalue weighted by Gasteiger charge is 2.35. The summed E-state index contributed by atoms with van der Waals surface area (Å²) in [5.74, 6) is 0.632. The first kappa shape index (κ1) is 14.1. The van der Waals surface area contributed by atoms with Crippen LogP contribution in [0.5, 0.6) is 0 Å². The number of carbonyl (C=O) groups excluding carboxylic acids is 1. The van der Waals surface area contributed by atoms with Gasteiger partial charge in [0.2, 0.25) is 0 Å². The van der Waals surface area contributed by atoms with Crippen LogP contribution in [0.2, 0.25) is 5.02 Å². The first-order chi connectivity index (χ1) is 10.1. The van der Waals surface area contributed by atoms with Crippen molar-refractivity contribution in [3.63, 3.8) is 0 Å². The van der Waals surface area contributed by atoms with E-state index in [0.717, 1.165) is 30.7 Å². The van der Waals surface area contributed by atoms with Crippen LogP contribution in [-0.2, 0) is 13.5 Å². The number of nitrogens with zero attached hydrogens (tertiary/aromatic N) is 4. The Hall–Kier alpha value is -1.82. The number of halogens is 1. The van der Waals surface area contributed by atoms with Gasteiger partial charge in [0.05, 0.1) is 23.0 Å². The zero-order valence-corrected chi connectivity index (χ0v) is 12.8. The van der Waals surface area contributed by atoms with E-state index >= 15 is 0 Å². The molecule has 2 aromatic rings. The summed E-state index contributed by atoms with van der Waals surface area (Å²) in [5, 5.41) is 8.41. The molecule has 2 aromatic heterocycles. The first-order valence-corrected chi connectivity index (χ1v) is 7.43. The molecular formula is C14H17ClN4O2. The minimum absolute atomic E-state index is 0.0729. The van der Waals surface area contributed by atoms with Crippen LogP contribution >= 0.6 is 11.6 Å². The lowest BCUT2D eigenvalue weighted by Gasteiger charge is -2.22. The molecule has 0 bridgehead atoms. The van der Waals surface area contributed by atoms with Gasteiger partial charge in [-0.15, -0.1) is 0 Å². The second-order valence-electron chi connectivity index (χ2n) is 5.20. The van der Waals surface area contributed by atoms with Crippen molar-refractivity contribution in [2.75, 3.05) is 6.54 Å². The Morgan fingerprint density at radius 3 is 3.00 bits per heavy atom. The zero-order valence-electron chi connectivity index (χ0n) is 12.0. The largest absolute Gasteiger partial charge is 0.359 e. The quantitative estimate of drug-likeness (QED) is 0.874. The Morgan fingerprint density at radius 1 is 1.57 bits per heavy atom. The Labute approximate surface area is 127 Å². The summed E-state index contributed by atoms with van der Waals surface area (Å²) >= 11 is 6.07. The van der Waals surface area contributed by atoms with Gasteiger partial charge in [-0.2, -0.15) is 5.10 Å². The molecule has 1 amide bonds. The van der Waals surface area contributed by atoms with E-state index in [1.54, 1.807) is 11.9 Å². The SMILES string of the molecule is CCc1cc(C2CCCN2C(=O)c2c(Cl)cnn2C)on1. The molecular weight excluding hydrogens is 292 g/mol. The average molecular weight is 309 g/mol. The van der Waals surface area contributed by atoms with Gasteiger partial charge in [-0.3, -0.25) is 9.48 Å². The third kappa shape index (κ3) is 2.44. The van der Waals surface area contributed by atoms with Crippen molar-refractivity contribution in [3.05, 3.63) is 34.4 Å². The van der Waals surface area contributed by atoms with Crippen molar-refractivity contribution >= 4 is 17.5 Å². The highest BCUT2D eigenvalue weighted by atomic mass is 35.5. The highest BCUT2D eigenvalue weighted by molar-refractivity contribution is 6.33. The van der Waals surface area contributed by atoms with Crippen LogP contribution in [0.3, 0.4) is 0 Å². The molecule has 0 radical (unpaired) electrons. The van der Waals surface area contributed by atoms with E-state index in [1.165, 1.54) is 10.9 Å². The summed E-state index contributed by atoms with van der Waals surface area (Å²) in [5.41, 5.74) is 1.32. The summed E-state index contributed by atoms with van der Waals surface area (Å²) in [7, 11) is 1.72. The van der Waals surface area contributed by atoms with Gasteiger partial charge < -0.3 is 9.42 Å². The molecule has 0 spiro atoms. The predicted octanol–water partition coefficient (Wildman–Crippen LogP) is 2.60. The summed E-state index contributed by atoms with van der Waals surface area (Å²) in [6, 6.07) is 1.86. The van der Waals surface area contributed by atoms with E-state index in [1.807, 2.05) is 13.0 Å². The Bertz CT molecular complexity index is 644. The third-order valence-electron chi connectivity index (χ3n) is 3.88. The molecule has 21 heavy (non-hydrogen) atoms. The van der Waals surface area contributed by atoms with Crippen LogP contribution < -0.4 is 0 Å². The summed E-state index contributed by atoms with van der Waals surface area (Å²) in [6.07, 6.45) is 4.12. The lowest BCUT2D eigenvalue weighted by atomic mass is 10.1. The molecule has 1 saturated heterocycles. The lowest BCUT2D eigenvalue weighted by molar-refractivity contribution is 0.0703. The van der Waals surface area contributed by atoms with Crippen LogP contribution in [0.15, 0.2) is 16.8 Å². The van der Waals surface area contributed by atoms with Gasteiger partial charge in [0.25, 0.3) is 5.91 Å². The summed E-state index contributed by atoms with van der Waals surface area (Å²) in [4.78, 5) is 14.5. The molecule has 0 aromatic carbocycles. The molecule has 1 fully saturated rings. The fraction of sp³-hybridized carbons (Fsp3) is 0.500. The Balaban J connectivity index is 1.88. The fourth-order valence-electron chi connectivity index (χ4n) is 2.74. The topological polar surface area (TPSA) is 64.2 Å². The maximum Gasteiger partial charge on any atom is 0.274 e. The number of hydrogen-bond donors (Lipinski definition) is 0. The number of amides is 1. The van der Waals surface area contributed by atoms with E-state index in [2.05, 4.69) is 10.3 Å². The van der Waals surface area contributed by atoms with Crippen molar-refractivity contribution in [2.45, 2.75) is 32.2 Å². The standard InChI is InChI=1S/C14H17ClN4O2/c1-3-9-7-12(21-17-9)11-5-4-6-19(11)14(20)13-10(15)8-16-18(13)2/h7-8,11H,3-6H2,1-2H3. The van der Waals surface area contributed by atoms with Gasteiger partial charge in [0, 0.05) is 19.7 Å². The number of aryl methyl sites for hydroxylation is 2. The lowest BCUT2D eigenvalue weighted by Crippen LogP contribution is -2.32. The van der Waals surface area contributed by atoms with Gasteiger partial charge in [0.15, 0.2) is 5.76 Å². The van der Waals surface area contributed by atoms with E-state index in [0.29, 0.717) is 17.3 Å². The van der Waals surface area contributed by atoms with Gasteiger partial charge in [0.1, 0.15) is 5.69 Å². The number of aromatic nitrogens is 3. The van der Waals surface area contributed by atoms with E-state index in [4.69, 9.17) is 16.1 Å². The number of carbonyl (C=O) groups is 1. The van der Waals surface area contributed by atoms with Crippen molar-refractivity contribution in [2.24, 2.45) is 7.05 Å². The second-order valence-corrected chi connectivity index (χ2v) is 5.60. The van der Waals surface area contributed by atoms with Crippen LogP contribution in [-0.4, -0.2) is 32.3 Å². The minimum atomic E-state index is -0.114. The molecule has 0 N–H and O–H groups in total. The van der Waals surface area contributed by atoms with Gasteiger partial charge in [-0.05, 0) is 19.3 Å². The predicted molar refractivity (Wildman–Crippen MR) is 77.1 cm³/mol. The zero-order chi connectivity index (χ0) is 15.0. The molecule has 1 aliphatic heterocycles. The second kappa shape index (κ2) is 5.52. The smallest absolute Gasteiger partial charge is 0.274 e. The van der Waals surface area contributed by atoms with E-state index < -0.39 is 0 Å². The fourth-order valence-corrected chi connectivity index (χ4v) is 2.99. The molecule has 0 aliphatic carbocycles. The highest BCUT2D eigenvalue weighted by Crippen LogP contribution is 2.34. The molecule has 1 unspecified atom stereocenters. The first-order valence-electron chi connectivity index (χ1n) is 7.05. The number of likely N-dealkylation sites (tertiary alicyclic amines) is 1. The molecule has 7 heteroatoms. The van der Waals surface area contributed by atoms with Crippen LogP contribution in [0.4, 0.5) is 0 Å². The Morgan fingerprint density at radius 2 is 2.38 bits per heavy atom. The van der Waals surface area contributed by atoms with Crippen LogP contribution in [0, 0.1) is 0 Å².